The molecule has 0 aliphatic carbocycles. The van der Waals surface area contributed by atoms with Crippen molar-refractivity contribution in [3.8, 4) is 0 Å². The average Bonchev–Trinajstić information content (AvgIpc) is 2.46. The molecule has 1 aliphatic rings. The molecule has 0 bridgehead atoms. The van der Waals surface area contributed by atoms with Gasteiger partial charge in [0.05, 0.1) is 24.1 Å². The molecule has 0 fully saturated rings. The summed E-state index contributed by atoms with van der Waals surface area (Å²) in [5, 5.41) is 7.44. The summed E-state index contributed by atoms with van der Waals surface area (Å²) >= 11 is 0. The van der Waals surface area contributed by atoms with E-state index in [2.05, 4.69) is 27.0 Å². The molecule has 4 nitrogen and oxygen atoms in total. The van der Waals surface area contributed by atoms with E-state index in [-0.39, 0.29) is 0 Å². The van der Waals surface area contributed by atoms with Gasteiger partial charge in [-0.25, -0.2) is 0 Å². The van der Waals surface area contributed by atoms with Crippen LogP contribution in [0.15, 0.2) is 6.20 Å². The minimum atomic E-state index is 0.996. The molecule has 1 N–H and O–H groups in total. The summed E-state index contributed by atoms with van der Waals surface area (Å²) in [5.74, 6) is 0. The van der Waals surface area contributed by atoms with Gasteiger partial charge in [-0.05, 0) is 7.05 Å². The molecule has 2 heterocycles. The van der Waals surface area contributed by atoms with Gasteiger partial charge in [0.1, 0.15) is 0 Å². The van der Waals surface area contributed by atoms with Gasteiger partial charge >= 0.3 is 0 Å². The van der Waals surface area contributed by atoms with E-state index >= 15 is 0 Å². The van der Waals surface area contributed by atoms with Crippen LogP contribution in [0, 0.1) is 0 Å². The monoisotopic (exact) mass is 166 g/mol. The molecule has 0 saturated carbocycles. The molecular weight excluding hydrogens is 152 g/mol. The largest absolute Gasteiger partial charge is 0.385 e. The second-order valence-corrected chi connectivity index (χ2v) is 3.22. The Balaban J connectivity index is 2.34. The number of fused-ring (bicyclic) bond motifs is 1. The zero-order valence-electron chi connectivity index (χ0n) is 7.54. The fourth-order valence-corrected chi connectivity index (χ4v) is 1.58. The minimum Gasteiger partial charge on any atom is -0.385 e. The van der Waals surface area contributed by atoms with Crippen LogP contribution in [0.1, 0.15) is 5.69 Å². The zero-order chi connectivity index (χ0) is 8.55. The number of likely N-dealkylation sites (N-methyl/N-ethyl adjacent to an activating group) is 1. The summed E-state index contributed by atoms with van der Waals surface area (Å²) in [6.45, 7) is 3.10. The van der Waals surface area contributed by atoms with Gasteiger partial charge in [-0.1, -0.05) is 0 Å². The highest BCUT2D eigenvalue weighted by molar-refractivity contribution is 5.46. The summed E-state index contributed by atoms with van der Waals surface area (Å²) < 4.78 is 2.08. The maximum absolute atomic E-state index is 4.29. The van der Waals surface area contributed by atoms with Crippen LogP contribution in [-0.4, -0.2) is 35.3 Å². The Kier molecular flexibility index (Phi) is 1.77. The van der Waals surface area contributed by atoms with Crippen molar-refractivity contribution in [1.29, 1.82) is 0 Å². The Hall–Kier alpha value is -1.03. The van der Waals surface area contributed by atoms with Crippen LogP contribution in [-0.2, 0) is 13.1 Å². The molecule has 0 aromatic carbocycles. The van der Waals surface area contributed by atoms with Gasteiger partial charge in [0, 0.05) is 20.1 Å². The standard InChI is InChI=1S/C8H14N4/c1-9-7-5-10-12-4-3-11(2)6-8(7)12/h5,9H,3-4,6H2,1-2H3. The first kappa shape index (κ1) is 7.61. The van der Waals surface area contributed by atoms with Gasteiger partial charge in [-0.3, -0.25) is 9.58 Å². The fourth-order valence-electron chi connectivity index (χ4n) is 1.58. The van der Waals surface area contributed by atoms with E-state index in [1.165, 1.54) is 5.69 Å². The number of rotatable bonds is 1. The predicted molar refractivity (Wildman–Crippen MR) is 48.1 cm³/mol. The molecule has 1 aromatic heterocycles. The van der Waals surface area contributed by atoms with Crippen molar-refractivity contribution in [3.63, 3.8) is 0 Å². The lowest BCUT2D eigenvalue weighted by molar-refractivity contribution is 0.259. The molecule has 0 radical (unpaired) electrons. The first-order valence-corrected chi connectivity index (χ1v) is 4.22. The number of hydrogen-bond acceptors (Lipinski definition) is 3. The van der Waals surface area contributed by atoms with Crippen LogP contribution in [0.3, 0.4) is 0 Å². The zero-order valence-corrected chi connectivity index (χ0v) is 7.54. The average molecular weight is 166 g/mol. The summed E-state index contributed by atoms with van der Waals surface area (Å²) in [6.07, 6.45) is 1.90. The third-order valence-electron chi connectivity index (χ3n) is 2.33. The number of nitrogens with zero attached hydrogens (tertiary/aromatic N) is 3. The molecule has 66 valence electrons. The first-order chi connectivity index (χ1) is 5.81. The van der Waals surface area contributed by atoms with E-state index in [0.717, 1.165) is 25.3 Å². The first-order valence-electron chi connectivity index (χ1n) is 4.22. The molecule has 1 aromatic rings. The van der Waals surface area contributed by atoms with E-state index in [0.29, 0.717) is 0 Å². The Morgan fingerprint density at radius 2 is 2.33 bits per heavy atom. The quantitative estimate of drug-likeness (QED) is 0.654. The van der Waals surface area contributed by atoms with E-state index in [4.69, 9.17) is 0 Å². The van der Waals surface area contributed by atoms with Crippen molar-refractivity contribution >= 4 is 5.69 Å². The van der Waals surface area contributed by atoms with Crippen LogP contribution in [0.5, 0.6) is 0 Å². The van der Waals surface area contributed by atoms with Gasteiger partial charge in [-0.2, -0.15) is 5.10 Å². The third-order valence-corrected chi connectivity index (χ3v) is 2.33. The number of nitrogens with one attached hydrogen (secondary N) is 1. The lowest BCUT2D eigenvalue weighted by atomic mass is 10.3. The maximum Gasteiger partial charge on any atom is 0.0770 e. The van der Waals surface area contributed by atoms with Crippen molar-refractivity contribution in [1.82, 2.24) is 14.7 Å². The normalized spacial score (nSPS) is 17.5. The van der Waals surface area contributed by atoms with Gasteiger partial charge < -0.3 is 5.32 Å². The SMILES string of the molecule is CNc1cnn2c1CN(C)CC2. The second-order valence-electron chi connectivity index (χ2n) is 3.22. The number of anilines is 1. The van der Waals surface area contributed by atoms with Crippen molar-refractivity contribution in [3.05, 3.63) is 11.9 Å². The van der Waals surface area contributed by atoms with E-state index in [1.807, 2.05) is 13.2 Å². The molecule has 1 aliphatic heterocycles. The lowest BCUT2D eigenvalue weighted by Crippen LogP contribution is -2.30. The van der Waals surface area contributed by atoms with E-state index in [1.54, 1.807) is 0 Å². The highest BCUT2D eigenvalue weighted by Gasteiger charge is 2.16. The summed E-state index contributed by atoms with van der Waals surface area (Å²) in [7, 11) is 4.07. The lowest BCUT2D eigenvalue weighted by Gasteiger charge is -2.24. The smallest absolute Gasteiger partial charge is 0.0770 e. The Bertz CT molecular complexity index is 265. The highest BCUT2D eigenvalue weighted by Crippen LogP contribution is 2.18. The number of hydrogen-bond donors (Lipinski definition) is 1. The minimum absolute atomic E-state index is 0.996. The summed E-state index contributed by atoms with van der Waals surface area (Å²) in [4.78, 5) is 2.30. The predicted octanol–water partition coefficient (Wildman–Crippen LogP) is 0.370. The van der Waals surface area contributed by atoms with E-state index < -0.39 is 0 Å². The maximum atomic E-state index is 4.29. The molecular formula is C8H14N4. The molecule has 2 rings (SSSR count). The third kappa shape index (κ3) is 1.08. The van der Waals surface area contributed by atoms with Crippen LogP contribution in [0.25, 0.3) is 0 Å². The molecule has 0 unspecified atom stereocenters. The van der Waals surface area contributed by atoms with Crippen LogP contribution in [0.4, 0.5) is 5.69 Å². The summed E-state index contributed by atoms with van der Waals surface area (Å²) in [5.41, 5.74) is 2.45. The van der Waals surface area contributed by atoms with E-state index in [9.17, 15) is 0 Å². The summed E-state index contributed by atoms with van der Waals surface area (Å²) in [6, 6.07) is 0. The Labute approximate surface area is 72.2 Å². The molecule has 0 amide bonds. The molecule has 0 spiro atoms. The van der Waals surface area contributed by atoms with Crippen molar-refractivity contribution in [2.45, 2.75) is 13.1 Å². The molecule has 12 heavy (non-hydrogen) atoms. The second kappa shape index (κ2) is 2.79. The van der Waals surface area contributed by atoms with Crippen molar-refractivity contribution in [2.75, 3.05) is 26.0 Å². The topological polar surface area (TPSA) is 33.1 Å². The van der Waals surface area contributed by atoms with Gasteiger partial charge in [-0.15, -0.1) is 0 Å². The van der Waals surface area contributed by atoms with Crippen LogP contribution < -0.4 is 5.32 Å². The highest BCUT2D eigenvalue weighted by atomic mass is 15.3. The van der Waals surface area contributed by atoms with Crippen LogP contribution >= 0.6 is 0 Å². The van der Waals surface area contributed by atoms with Gasteiger partial charge in [0.2, 0.25) is 0 Å². The molecule has 0 saturated heterocycles. The van der Waals surface area contributed by atoms with Crippen LogP contribution in [0.2, 0.25) is 0 Å². The Morgan fingerprint density at radius 1 is 1.50 bits per heavy atom. The van der Waals surface area contributed by atoms with Crippen molar-refractivity contribution in [2.24, 2.45) is 0 Å². The van der Waals surface area contributed by atoms with Gasteiger partial charge in [0.15, 0.2) is 0 Å². The fraction of sp³-hybridized carbons (Fsp3) is 0.625. The van der Waals surface area contributed by atoms with Gasteiger partial charge in [0.25, 0.3) is 0 Å². The number of aromatic nitrogens is 2. The molecule has 0 atom stereocenters. The Morgan fingerprint density at radius 3 is 3.08 bits per heavy atom. The van der Waals surface area contributed by atoms with Crippen molar-refractivity contribution < 1.29 is 0 Å². The molecule has 4 heteroatoms.